The number of benzene rings is 1. The fourth-order valence-electron chi connectivity index (χ4n) is 3.04. The van der Waals surface area contributed by atoms with Crippen LogP contribution in [0.5, 0.6) is 0 Å². The summed E-state index contributed by atoms with van der Waals surface area (Å²) in [7, 11) is 0. The summed E-state index contributed by atoms with van der Waals surface area (Å²) in [5.41, 5.74) is -1.60. The molecule has 1 fully saturated rings. The van der Waals surface area contributed by atoms with Crippen LogP contribution in [0.2, 0.25) is 0 Å². The van der Waals surface area contributed by atoms with Gasteiger partial charge < -0.3 is 15.3 Å². The number of hydrogen-bond donors (Lipinski definition) is 2. The summed E-state index contributed by atoms with van der Waals surface area (Å²) in [5.74, 6) is -2.44. The third-order valence-corrected chi connectivity index (χ3v) is 5.41. The van der Waals surface area contributed by atoms with E-state index in [1.807, 2.05) is 30.3 Å². The molecule has 0 aliphatic carbocycles. The second-order valence-corrected chi connectivity index (χ2v) is 7.42. The Morgan fingerprint density at radius 1 is 1.22 bits per heavy atom. The molecule has 2 heterocycles. The van der Waals surface area contributed by atoms with Crippen LogP contribution in [-0.4, -0.2) is 52.6 Å². The van der Waals surface area contributed by atoms with Gasteiger partial charge in [-0.15, -0.1) is 11.3 Å². The molecular formula is C19H19FN2O4S. The maximum atomic E-state index is 14.3. The van der Waals surface area contributed by atoms with Crippen LogP contribution < -0.4 is 5.32 Å². The van der Waals surface area contributed by atoms with Crippen molar-refractivity contribution in [2.75, 3.05) is 13.1 Å². The molecule has 2 N–H and O–H groups in total. The van der Waals surface area contributed by atoms with Crippen molar-refractivity contribution in [3.05, 3.63) is 58.3 Å². The summed E-state index contributed by atoms with van der Waals surface area (Å²) in [6.45, 7) is -0.511. The quantitative estimate of drug-likeness (QED) is 0.791. The zero-order valence-corrected chi connectivity index (χ0v) is 15.2. The molecule has 0 spiro atoms. The van der Waals surface area contributed by atoms with Crippen molar-refractivity contribution in [1.82, 2.24) is 10.2 Å². The highest BCUT2D eigenvalue weighted by molar-refractivity contribution is 7.12. The maximum absolute atomic E-state index is 14.3. The molecular weight excluding hydrogens is 371 g/mol. The first-order valence-electron chi connectivity index (χ1n) is 8.48. The van der Waals surface area contributed by atoms with Crippen molar-refractivity contribution < 1.29 is 23.9 Å². The smallest absolute Gasteiger partial charge is 0.343 e. The molecule has 0 radical (unpaired) electrons. The van der Waals surface area contributed by atoms with Crippen LogP contribution in [0.3, 0.4) is 0 Å². The number of rotatable bonds is 6. The molecule has 0 bridgehead atoms. The number of carboxylic acid groups (broad SMARTS) is 1. The number of halogens is 1. The topological polar surface area (TPSA) is 86.7 Å². The average Bonchev–Trinajstić information content (AvgIpc) is 3.32. The fourth-order valence-corrected chi connectivity index (χ4v) is 3.67. The van der Waals surface area contributed by atoms with Gasteiger partial charge in [0.2, 0.25) is 11.6 Å². The third kappa shape index (κ3) is 4.33. The maximum Gasteiger partial charge on any atom is 0.343 e. The second-order valence-electron chi connectivity index (χ2n) is 6.47. The van der Waals surface area contributed by atoms with E-state index in [9.17, 15) is 18.8 Å². The summed E-state index contributed by atoms with van der Waals surface area (Å²) in [4.78, 5) is 38.1. The van der Waals surface area contributed by atoms with Crippen LogP contribution in [0.4, 0.5) is 4.39 Å². The Balaban J connectivity index is 1.77. The Bertz CT molecular complexity index is 827. The zero-order valence-electron chi connectivity index (χ0n) is 14.4. The summed E-state index contributed by atoms with van der Waals surface area (Å²) in [5, 5.41) is 13.5. The molecule has 8 heteroatoms. The van der Waals surface area contributed by atoms with Crippen molar-refractivity contribution in [2.24, 2.45) is 0 Å². The lowest BCUT2D eigenvalue weighted by atomic mass is 10.0. The highest BCUT2D eigenvalue weighted by Gasteiger charge is 2.47. The number of carbonyl (C=O) groups is 3. The number of carbonyl (C=O) groups excluding carboxylic acids is 2. The molecule has 0 saturated carbocycles. The van der Waals surface area contributed by atoms with Crippen LogP contribution in [0.15, 0.2) is 47.8 Å². The molecule has 142 valence electrons. The standard InChI is InChI=1S/C19H19FN2O4S/c20-19(18(25)26)8-9-22(12-19)17(24)14(11-13-5-2-1-3-6-13)21-16(23)15-7-4-10-27-15/h1-7,10,14H,8-9,11-12H2,(H,21,23)(H,25,26). The normalized spacial score (nSPS) is 20.3. The highest BCUT2D eigenvalue weighted by atomic mass is 32.1. The van der Waals surface area contributed by atoms with Gasteiger partial charge in [-0.25, -0.2) is 9.18 Å². The van der Waals surface area contributed by atoms with Gasteiger partial charge in [0.05, 0.1) is 11.4 Å². The van der Waals surface area contributed by atoms with Crippen LogP contribution in [0.25, 0.3) is 0 Å². The van der Waals surface area contributed by atoms with Crippen LogP contribution in [0.1, 0.15) is 21.7 Å². The largest absolute Gasteiger partial charge is 0.479 e. The van der Waals surface area contributed by atoms with Gasteiger partial charge in [-0.3, -0.25) is 9.59 Å². The lowest BCUT2D eigenvalue weighted by Gasteiger charge is -2.25. The van der Waals surface area contributed by atoms with E-state index in [1.165, 1.54) is 16.2 Å². The number of hydrogen-bond acceptors (Lipinski definition) is 4. The number of amides is 2. The van der Waals surface area contributed by atoms with Gasteiger partial charge in [-0.2, -0.15) is 0 Å². The van der Waals surface area contributed by atoms with Gasteiger partial charge >= 0.3 is 5.97 Å². The van der Waals surface area contributed by atoms with E-state index >= 15 is 0 Å². The minimum absolute atomic E-state index is 0.00178. The number of carboxylic acids is 1. The number of nitrogens with one attached hydrogen (secondary N) is 1. The summed E-state index contributed by atoms with van der Waals surface area (Å²) in [6, 6.07) is 11.6. The molecule has 2 amide bonds. The van der Waals surface area contributed by atoms with E-state index in [2.05, 4.69) is 5.32 Å². The van der Waals surface area contributed by atoms with Gasteiger partial charge in [0.25, 0.3) is 5.91 Å². The van der Waals surface area contributed by atoms with Crippen molar-refractivity contribution in [3.63, 3.8) is 0 Å². The van der Waals surface area contributed by atoms with Crippen molar-refractivity contribution >= 4 is 29.1 Å². The molecule has 1 aliphatic rings. The van der Waals surface area contributed by atoms with Crippen LogP contribution in [0, 0.1) is 0 Å². The van der Waals surface area contributed by atoms with Crippen molar-refractivity contribution in [3.8, 4) is 0 Å². The van der Waals surface area contributed by atoms with Gasteiger partial charge in [-0.05, 0) is 17.0 Å². The molecule has 1 saturated heterocycles. The van der Waals surface area contributed by atoms with Gasteiger partial charge in [0.1, 0.15) is 6.04 Å². The zero-order chi connectivity index (χ0) is 19.4. The summed E-state index contributed by atoms with van der Waals surface area (Å²) >= 11 is 1.25. The van der Waals surface area contributed by atoms with Gasteiger partial charge in [0, 0.05) is 19.4 Å². The molecule has 6 nitrogen and oxygen atoms in total. The summed E-state index contributed by atoms with van der Waals surface area (Å²) in [6.07, 6.45) is -0.0232. The van der Waals surface area contributed by atoms with Crippen molar-refractivity contribution in [1.29, 1.82) is 0 Å². The number of nitrogens with zero attached hydrogens (tertiary/aromatic N) is 1. The fraction of sp³-hybridized carbons (Fsp3) is 0.316. The molecule has 3 rings (SSSR count). The van der Waals surface area contributed by atoms with E-state index in [4.69, 9.17) is 5.11 Å². The first-order chi connectivity index (χ1) is 12.9. The van der Waals surface area contributed by atoms with E-state index in [0.717, 1.165) is 5.56 Å². The predicted molar refractivity (Wildman–Crippen MR) is 98.4 cm³/mol. The van der Waals surface area contributed by atoms with Crippen molar-refractivity contribution in [2.45, 2.75) is 24.6 Å². The number of thiophene rings is 1. The summed E-state index contributed by atoms with van der Waals surface area (Å²) < 4.78 is 14.3. The Morgan fingerprint density at radius 3 is 2.56 bits per heavy atom. The molecule has 2 aromatic rings. The molecule has 27 heavy (non-hydrogen) atoms. The molecule has 1 aromatic carbocycles. The van der Waals surface area contributed by atoms with Crippen LogP contribution in [-0.2, 0) is 16.0 Å². The number of aliphatic carboxylic acids is 1. The minimum Gasteiger partial charge on any atom is -0.479 e. The van der Waals surface area contributed by atoms with E-state index < -0.39 is 30.1 Å². The number of likely N-dealkylation sites (tertiary alicyclic amines) is 1. The van der Waals surface area contributed by atoms with E-state index in [1.54, 1.807) is 17.5 Å². The third-order valence-electron chi connectivity index (χ3n) is 4.55. The van der Waals surface area contributed by atoms with Gasteiger partial charge in [0.15, 0.2) is 0 Å². The Morgan fingerprint density at radius 2 is 1.96 bits per heavy atom. The first-order valence-corrected chi connectivity index (χ1v) is 9.36. The number of alkyl halides is 1. The van der Waals surface area contributed by atoms with Crippen LogP contribution >= 0.6 is 11.3 Å². The lowest BCUT2D eigenvalue weighted by molar-refractivity contribution is -0.150. The first kappa shape index (κ1) is 19.0. The Hall–Kier alpha value is -2.74. The predicted octanol–water partition coefficient (Wildman–Crippen LogP) is 2.11. The SMILES string of the molecule is O=C(NC(Cc1ccccc1)C(=O)N1CCC(F)(C(=O)O)C1)c1cccs1. The molecule has 1 aromatic heterocycles. The molecule has 1 aliphatic heterocycles. The highest BCUT2D eigenvalue weighted by Crippen LogP contribution is 2.26. The monoisotopic (exact) mass is 390 g/mol. The lowest BCUT2D eigenvalue weighted by Crippen LogP contribution is -2.50. The molecule has 2 atom stereocenters. The minimum atomic E-state index is -2.44. The average molecular weight is 390 g/mol. The Labute approximate surface area is 159 Å². The Kier molecular flexibility index (Phi) is 5.55. The molecule has 2 unspecified atom stereocenters. The van der Waals surface area contributed by atoms with Gasteiger partial charge in [-0.1, -0.05) is 36.4 Å². The van der Waals surface area contributed by atoms with E-state index in [-0.39, 0.29) is 25.3 Å². The second kappa shape index (κ2) is 7.87. The van der Waals surface area contributed by atoms with E-state index in [0.29, 0.717) is 4.88 Å².